The Morgan fingerprint density at radius 1 is 1.04 bits per heavy atom. The molecule has 2 aromatic carbocycles. The highest BCUT2D eigenvalue weighted by atomic mass is 16.2. The molecule has 26 heavy (non-hydrogen) atoms. The van der Waals surface area contributed by atoms with E-state index >= 15 is 0 Å². The number of rotatable bonds is 7. The molecular formula is C24H29NO. The standard InChI is InChI=1S/C24H29NO/c1-2-3-6-14-25(17-21-16-18-12-13-20(21)15-18)24(26)23-11-7-9-19-8-4-5-10-22(19)23/h4-5,7-13,18,20-21H,2-3,6,14-17H2,1H3. The summed E-state index contributed by atoms with van der Waals surface area (Å²) in [7, 11) is 0. The minimum absolute atomic E-state index is 0.213. The molecule has 136 valence electrons. The predicted octanol–water partition coefficient (Wildman–Crippen LogP) is 5.68. The fourth-order valence-electron chi connectivity index (χ4n) is 4.80. The number of hydrogen-bond donors (Lipinski definition) is 0. The van der Waals surface area contributed by atoms with Gasteiger partial charge in [-0.05, 0) is 53.9 Å². The lowest BCUT2D eigenvalue weighted by atomic mass is 9.92. The number of benzene rings is 2. The van der Waals surface area contributed by atoms with Gasteiger partial charge in [0.15, 0.2) is 0 Å². The van der Waals surface area contributed by atoms with Gasteiger partial charge in [0, 0.05) is 18.7 Å². The molecule has 2 aliphatic carbocycles. The maximum absolute atomic E-state index is 13.5. The third-order valence-corrected chi connectivity index (χ3v) is 6.21. The molecule has 1 amide bonds. The van der Waals surface area contributed by atoms with Gasteiger partial charge >= 0.3 is 0 Å². The van der Waals surface area contributed by atoms with Gasteiger partial charge in [-0.25, -0.2) is 0 Å². The normalized spacial score (nSPS) is 23.7. The van der Waals surface area contributed by atoms with E-state index < -0.39 is 0 Å². The van der Waals surface area contributed by atoms with Gasteiger partial charge in [0.25, 0.3) is 5.91 Å². The van der Waals surface area contributed by atoms with E-state index in [4.69, 9.17) is 0 Å². The minimum atomic E-state index is 0.213. The average molecular weight is 348 g/mol. The van der Waals surface area contributed by atoms with E-state index in [2.05, 4.69) is 42.2 Å². The van der Waals surface area contributed by atoms with Crippen LogP contribution in [0.4, 0.5) is 0 Å². The lowest BCUT2D eigenvalue weighted by Gasteiger charge is -2.29. The van der Waals surface area contributed by atoms with E-state index in [1.807, 2.05) is 24.3 Å². The molecule has 2 bridgehead atoms. The Hall–Kier alpha value is -2.09. The quantitative estimate of drug-likeness (QED) is 0.466. The van der Waals surface area contributed by atoms with Crippen molar-refractivity contribution in [2.45, 2.75) is 39.0 Å². The summed E-state index contributed by atoms with van der Waals surface area (Å²) in [6.45, 7) is 4.02. The molecular weight excluding hydrogens is 318 g/mol. The largest absolute Gasteiger partial charge is 0.338 e. The van der Waals surface area contributed by atoms with Crippen molar-refractivity contribution < 1.29 is 4.79 Å². The van der Waals surface area contributed by atoms with Gasteiger partial charge in [0.05, 0.1) is 0 Å². The highest BCUT2D eigenvalue weighted by molar-refractivity contribution is 6.07. The van der Waals surface area contributed by atoms with Gasteiger partial charge in [-0.1, -0.05) is 68.3 Å². The minimum Gasteiger partial charge on any atom is -0.338 e. The molecule has 1 saturated carbocycles. The van der Waals surface area contributed by atoms with Crippen LogP contribution in [0.25, 0.3) is 10.8 Å². The van der Waals surface area contributed by atoms with Crippen molar-refractivity contribution in [3.05, 3.63) is 60.2 Å². The van der Waals surface area contributed by atoms with Crippen molar-refractivity contribution in [1.82, 2.24) is 4.90 Å². The summed E-state index contributed by atoms with van der Waals surface area (Å²) >= 11 is 0. The van der Waals surface area contributed by atoms with Crippen LogP contribution in [0.15, 0.2) is 54.6 Å². The predicted molar refractivity (Wildman–Crippen MR) is 108 cm³/mol. The molecule has 2 aliphatic rings. The monoisotopic (exact) mass is 347 g/mol. The van der Waals surface area contributed by atoms with Crippen LogP contribution in [0.5, 0.6) is 0 Å². The zero-order valence-corrected chi connectivity index (χ0v) is 15.7. The van der Waals surface area contributed by atoms with Gasteiger partial charge < -0.3 is 4.90 Å². The second-order valence-electron chi connectivity index (χ2n) is 8.03. The molecule has 3 unspecified atom stereocenters. The first kappa shape index (κ1) is 17.3. The van der Waals surface area contributed by atoms with Crippen LogP contribution in [-0.4, -0.2) is 23.9 Å². The van der Waals surface area contributed by atoms with Crippen LogP contribution in [0, 0.1) is 17.8 Å². The van der Waals surface area contributed by atoms with E-state index in [0.29, 0.717) is 11.8 Å². The zero-order valence-electron chi connectivity index (χ0n) is 15.7. The first-order valence-corrected chi connectivity index (χ1v) is 10.2. The van der Waals surface area contributed by atoms with Crippen LogP contribution in [-0.2, 0) is 0 Å². The van der Waals surface area contributed by atoms with Crippen molar-refractivity contribution in [3.8, 4) is 0 Å². The SMILES string of the molecule is CCCCCN(CC1CC2C=CC1C2)C(=O)c1cccc2ccccc12. The average Bonchev–Trinajstić information content (AvgIpc) is 3.29. The lowest BCUT2D eigenvalue weighted by Crippen LogP contribution is -2.37. The van der Waals surface area contributed by atoms with Crippen LogP contribution in [0.2, 0.25) is 0 Å². The molecule has 2 nitrogen and oxygen atoms in total. The first-order valence-electron chi connectivity index (χ1n) is 10.2. The summed E-state index contributed by atoms with van der Waals surface area (Å²) in [5, 5.41) is 2.23. The van der Waals surface area contributed by atoms with E-state index in [1.165, 1.54) is 25.7 Å². The molecule has 0 aliphatic heterocycles. The zero-order chi connectivity index (χ0) is 17.9. The Balaban J connectivity index is 1.57. The fraction of sp³-hybridized carbons (Fsp3) is 0.458. The maximum atomic E-state index is 13.5. The fourth-order valence-corrected chi connectivity index (χ4v) is 4.80. The lowest BCUT2D eigenvalue weighted by molar-refractivity contribution is 0.0718. The molecule has 2 heteroatoms. The molecule has 0 heterocycles. The maximum Gasteiger partial charge on any atom is 0.254 e. The molecule has 4 rings (SSSR count). The summed E-state index contributed by atoms with van der Waals surface area (Å²) in [6, 6.07) is 14.3. The molecule has 0 saturated heterocycles. The Morgan fingerprint density at radius 3 is 2.65 bits per heavy atom. The van der Waals surface area contributed by atoms with Crippen LogP contribution >= 0.6 is 0 Å². The Labute approximate surface area is 156 Å². The van der Waals surface area contributed by atoms with Crippen LogP contribution < -0.4 is 0 Å². The van der Waals surface area contributed by atoms with E-state index in [0.717, 1.165) is 41.8 Å². The molecule has 0 radical (unpaired) electrons. The number of allylic oxidation sites excluding steroid dienone is 2. The molecule has 3 atom stereocenters. The van der Waals surface area contributed by atoms with Gasteiger partial charge in [-0.2, -0.15) is 0 Å². The first-order chi connectivity index (χ1) is 12.8. The summed E-state index contributed by atoms with van der Waals surface area (Å²) in [4.78, 5) is 15.6. The van der Waals surface area contributed by atoms with Crippen molar-refractivity contribution in [2.24, 2.45) is 17.8 Å². The topological polar surface area (TPSA) is 20.3 Å². The number of unbranched alkanes of at least 4 members (excludes halogenated alkanes) is 2. The molecule has 2 aromatic rings. The van der Waals surface area contributed by atoms with Crippen LogP contribution in [0.3, 0.4) is 0 Å². The van der Waals surface area contributed by atoms with Crippen molar-refractivity contribution >= 4 is 16.7 Å². The third kappa shape index (κ3) is 3.42. The molecule has 0 spiro atoms. The number of fused-ring (bicyclic) bond motifs is 3. The number of hydrogen-bond acceptors (Lipinski definition) is 1. The third-order valence-electron chi connectivity index (χ3n) is 6.21. The smallest absolute Gasteiger partial charge is 0.254 e. The molecule has 1 fully saturated rings. The summed E-state index contributed by atoms with van der Waals surface area (Å²) in [5.74, 6) is 2.30. The Morgan fingerprint density at radius 2 is 1.88 bits per heavy atom. The number of nitrogens with zero attached hydrogens (tertiary/aromatic N) is 1. The highest BCUT2D eigenvalue weighted by Crippen LogP contribution is 2.43. The Bertz CT molecular complexity index is 803. The van der Waals surface area contributed by atoms with Crippen molar-refractivity contribution in [1.29, 1.82) is 0 Å². The van der Waals surface area contributed by atoms with E-state index in [9.17, 15) is 4.79 Å². The number of carbonyl (C=O) groups excluding carboxylic acids is 1. The van der Waals surface area contributed by atoms with Gasteiger partial charge in [-0.15, -0.1) is 0 Å². The summed E-state index contributed by atoms with van der Waals surface area (Å²) in [5.41, 5.74) is 0.860. The van der Waals surface area contributed by atoms with Crippen molar-refractivity contribution in [3.63, 3.8) is 0 Å². The van der Waals surface area contributed by atoms with Crippen LogP contribution in [0.1, 0.15) is 49.4 Å². The van der Waals surface area contributed by atoms with E-state index in [-0.39, 0.29) is 5.91 Å². The number of carbonyl (C=O) groups is 1. The van der Waals surface area contributed by atoms with Crippen molar-refractivity contribution in [2.75, 3.05) is 13.1 Å². The summed E-state index contributed by atoms with van der Waals surface area (Å²) < 4.78 is 0. The highest BCUT2D eigenvalue weighted by Gasteiger charge is 2.37. The van der Waals surface area contributed by atoms with Gasteiger partial charge in [0.1, 0.15) is 0 Å². The van der Waals surface area contributed by atoms with E-state index in [1.54, 1.807) is 0 Å². The molecule has 0 aromatic heterocycles. The van der Waals surface area contributed by atoms with Gasteiger partial charge in [0.2, 0.25) is 0 Å². The Kier molecular flexibility index (Phi) is 5.10. The van der Waals surface area contributed by atoms with Gasteiger partial charge in [-0.3, -0.25) is 4.79 Å². The second kappa shape index (κ2) is 7.65. The number of amides is 1. The summed E-state index contributed by atoms with van der Waals surface area (Å²) in [6.07, 6.45) is 10.8. The molecule has 0 N–H and O–H groups in total. The second-order valence-corrected chi connectivity index (χ2v) is 8.03.